The molecule has 142 valence electrons. The fourth-order valence-electron chi connectivity index (χ4n) is 3.08. The molecule has 0 fully saturated rings. The fraction of sp³-hybridized carbons (Fsp3) is 0.300. The van der Waals surface area contributed by atoms with Crippen molar-refractivity contribution >= 4 is 34.1 Å². The zero-order valence-corrected chi connectivity index (χ0v) is 16.1. The summed E-state index contributed by atoms with van der Waals surface area (Å²) in [6, 6.07) is 9.21. The first-order chi connectivity index (χ1) is 13.0. The molecule has 27 heavy (non-hydrogen) atoms. The molecule has 0 bridgehead atoms. The topological polar surface area (TPSA) is 91.4 Å². The molecule has 0 aliphatic heterocycles. The zero-order chi connectivity index (χ0) is 19.4. The van der Waals surface area contributed by atoms with E-state index < -0.39 is 18.6 Å². The predicted molar refractivity (Wildman–Crippen MR) is 106 cm³/mol. The van der Waals surface area contributed by atoms with Gasteiger partial charge in [-0.05, 0) is 42.5 Å². The van der Waals surface area contributed by atoms with Crippen molar-refractivity contribution in [3.63, 3.8) is 0 Å². The van der Waals surface area contributed by atoms with Crippen molar-refractivity contribution in [2.75, 3.05) is 13.7 Å². The Labute approximate surface area is 161 Å². The molecule has 1 aromatic carbocycles. The maximum Gasteiger partial charge on any atom is 0.330 e. The van der Waals surface area contributed by atoms with Crippen LogP contribution < -0.4 is 5.32 Å². The van der Waals surface area contributed by atoms with Gasteiger partial charge in [0.25, 0.3) is 0 Å². The van der Waals surface area contributed by atoms with Crippen LogP contribution in [-0.2, 0) is 20.7 Å². The second-order valence-electron chi connectivity index (χ2n) is 6.33. The number of amides is 1. The van der Waals surface area contributed by atoms with Gasteiger partial charge in [-0.25, -0.2) is 4.79 Å². The molecule has 2 heterocycles. The number of methoxy groups -OCH3 is 1. The number of benzene rings is 1. The van der Waals surface area contributed by atoms with Gasteiger partial charge in [0, 0.05) is 17.3 Å². The summed E-state index contributed by atoms with van der Waals surface area (Å²) in [6.07, 6.45) is 0.717. The van der Waals surface area contributed by atoms with E-state index in [1.807, 2.05) is 30.5 Å². The van der Waals surface area contributed by atoms with Crippen molar-refractivity contribution in [2.24, 2.45) is 0 Å². The van der Waals surface area contributed by atoms with E-state index >= 15 is 0 Å². The summed E-state index contributed by atoms with van der Waals surface area (Å²) in [5.41, 5.74) is 4.27. The number of rotatable bonds is 7. The van der Waals surface area contributed by atoms with Crippen LogP contribution in [0.4, 0.5) is 0 Å². The lowest BCUT2D eigenvalue weighted by atomic mass is 10.0. The summed E-state index contributed by atoms with van der Waals surface area (Å²) >= 11 is 1.64. The molecule has 0 aliphatic rings. The van der Waals surface area contributed by atoms with Gasteiger partial charge in [-0.2, -0.15) is 0 Å². The van der Waals surface area contributed by atoms with E-state index in [1.165, 1.54) is 7.11 Å². The fourth-order valence-corrected chi connectivity index (χ4v) is 3.83. The third-order valence-corrected chi connectivity index (χ3v) is 5.32. The molecule has 1 atom stereocenters. The minimum atomic E-state index is -1.04. The van der Waals surface area contributed by atoms with Gasteiger partial charge in [0.05, 0.1) is 24.3 Å². The van der Waals surface area contributed by atoms with Gasteiger partial charge in [0.1, 0.15) is 0 Å². The van der Waals surface area contributed by atoms with Crippen LogP contribution in [0.3, 0.4) is 0 Å². The van der Waals surface area contributed by atoms with Crippen molar-refractivity contribution in [1.82, 2.24) is 10.3 Å². The number of ether oxygens (including phenoxy) is 1. The van der Waals surface area contributed by atoms with Crippen LogP contribution in [0.15, 0.2) is 35.7 Å². The Morgan fingerprint density at radius 1 is 1.33 bits per heavy atom. The van der Waals surface area contributed by atoms with E-state index in [1.54, 1.807) is 11.3 Å². The summed E-state index contributed by atoms with van der Waals surface area (Å²) in [4.78, 5) is 28.4. The number of aromatic amines is 1. The third-order valence-electron chi connectivity index (χ3n) is 4.43. The Kier molecular flexibility index (Phi) is 5.93. The van der Waals surface area contributed by atoms with E-state index in [0.717, 1.165) is 32.6 Å². The lowest BCUT2D eigenvalue weighted by Gasteiger charge is -2.13. The average molecular weight is 386 g/mol. The van der Waals surface area contributed by atoms with E-state index in [0.29, 0.717) is 6.42 Å². The second kappa shape index (κ2) is 8.37. The highest BCUT2D eigenvalue weighted by Gasteiger charge is 2.21. The molecule has 1 amide bonds. The Hall–Kier alpha value is -2.64. The highest BCUT2D eigenvalue weighted by Crippen LogP contribution is 2.34. The largest absolute Gasteiger partial charge is 0.467 e. The number of aliphatic hydroxyl groups is 1. The average Bonchev–Trinajstić information content (AvgIpc) is 3.31. The highest BCUT2D eigenvalue weighted by molar-refractivity contribution is 7.13. The quantitative estimate of drug-likeness (QED) is 0.545. The van der Waals surface area contributed by atoms with Crippen molar-refractivity contribution < 1.29 is 19.4 Å². The van der Waals surface area contributed by atoms with Gasteiger partial charge < -0.3 is 20.1 Å². The zero-order valence-electron chi connectivity index (χ0n) is 15.2. The number of H-pyrrole nitrogens is 1. The number of carbonyl (C=O) groups is 2. The summed E-state index contributed by atoms with van der Waals surface area (Å²) in [7, 11) is 1.22. The number of hydrogen-bond acceptors (Lipinski definition) is 5. The molecular formula is C20H22N2O4S. The molecule has 0 radical (unpaired) electrons. The maximum absolute atomic E-state index is 12.3. The molecular weight excluding hydrogens is 364 g/mol. The number of aromatic nitrogens is 1. The molecule has 0 saturated heterocycles. The number of hydrogen-bond donors (Lipinski definition) is 3. The van der Waals surface area contributed by atoms with Crippen LogP contribution in [-0.4, -0.2) is 41.7 Å². The van der Waals surface area contributed by atoms with E-state index in [-0.39, 0.29) is 12.3 Å². The van der Waals surface area contributed by atoms with Gasteiger partial charge >= 0.3 is 5.97 Å². The molecule has 7 heteroatoms. The van der Waals surface area contributed by atoms with Gasteiger partial charge in [-0.15, -0.1) is 11.3 Å². The number of thiophene rings is 1. The number of esters is 1. The van der Waals surface area contributed by atoms with Crippen molar-refractivity contribution in [3.05, 3.63) is 46.8 Å². The van der Waals surface area contributed by atoms with E-state index in [4.69, 9.17) is 0 Å². The number of aryl methyl sites for hydroxylation is 2. The Balaban J connectivity index is 1.83. The van der Waals surface area contributed by atoms with Gasteiger partial charge in [0.2, 0.25) is 5.91 Å². The Morgan fingerprint density at radius 2 is 2.15 bits per heavy atom. The molecule has 0 saturated carbocycles. The molecule has 3 rings (SSSR count). The lowest BCUT2D eigenvalue weighted by Crippen LogP contribution is -2.44. The van der Waals surface area contributed by atoms with Crippen molar-refractivity contribution in [1.29, 1.82) is 0 Å². The number of carbonyl (C=O) groups excluding carboxylic acids is 2. The first-order valence-corrected chi connectivity index (χ1v) is 9.54. The van der Waals surface area contributed by atoms with Crippen LogP contribution >= 0.6 is 11.3 Å². The highest BCUT2D eigenvalue weighted by atomic mass is 32.1. The van der Waals surface area contributed by atoms with Crippen LogP contribution in [0.5, 0.6) is 0 Å². The standard InChI is InChI=1S/C20H22N2O4S/c1-12-5-7-15-14(10-12)13(19(22-15)17-4-3-9-27-17)6-8-18(24)21-16(11-23)20(25)26-2/h3-5,7,9-10,16,22-23H,6,8,11H2,1-2H3,(H,21,24)/t16-/m0/s1. The smallest absolute Gasteiger partial charge is 0.330 e. The summed E-state index contributed by atoms with van der Waals surface area (Å²) in [5, 5.41) is 14.9. The molecule has 0 spiro atoms. The molecule has 0 aliphatic carbocycles. The first-order valence-electron chi connectivity index (χ1n) is 8.66. The molecule has 2 aromatic heterocycles. The van der Waals surface area contributed by atoms with Crippen molar-refractivity contribution in [2.45, 2.75) is 25.8 Å². The lowest BCUT2D eigenvalue weighted by molar-refractivity contribution is -0.146. The minimum Gasteiger partial charge on any atom is -0.467 e. The summed E-state index contributed by atoms with van der Waals surface area (Å²) in [5.74, 6) is -0.966. The first kappa shape index (κ1) is 19.1. The normalized spacial score (nSPS) is 12.1. The second-order valence-corrected chi connectivity index (χ2v) is 7.28. The van der Waals surface area contributed by atoms with Gasteiger partial charge in [-0.3, -0.25) is 4.79 Å². The van der Waals surface area contributed by atoms with E-state index in [2.05, 4.69) is 27.2 Å². The number of fused-ring (bicyclic) bond motifs is 1. The summed E-state index contributed by atoms with van der Waals surface area (Å²) in [6.45, 7) is 1.54. The SMILES string of the molecule is COC(=O)[C@H](CO)NC(=O)CCc1c(-c2cccs2)[nH]c2ccc(C)cc12. The number of aliphatic hydroxyl groups excluding tert-OH is 1. The molecule has 0 unspecified atom stereocenters. The monoisotopic (exact) mass is 386 g/mol. The van der Waals surface area contributed by atoms with Crippen LogP contribution in [0, 0.1) is 6.92 Å². The van der Waals surface area contributed by atoms with Crippen molar-refractivity contribution in [3.8, 4) is 10.6 Å². The Morgan fingerprint density at radius 3 is 2.81 bits per heavy atom. The van der Waals surface area contributed by atoms with Crippen LogP contribution in [0.2, 0.25) is 0 Å². The Bertz CT molecular complexity index is 946. The summed E-state index contributed by atoms with van der Waals surface area (Å²) < 4.78 is 4.58. The van der Waals surface area contributed by atoms with Gasteiger partial charge in [0.15, 0.2) is 6.04 Å². The molecule has 6 nitrogen and oxygen atoms in total. The van der Waals surface area contributed by atoms with Crippen LogP contribution in [0.1, 0.15) is 17.5 Å². The van der Waals surface area contributed by atoms with Crippen LogP contribution in [0.25, 0.3) is 21.5 Å². The number of nitrogens with one attached hydrogen (secondary N) is 2. The predicted octanol–water partition coefficient (Wildman–Crippen LogP) is 2.79. The van der Waals surface area contributed by atoms with Gasteiger partial charge in [-0.1, -0.05) is 17.7 Å². The third kappa shape index (κ3) is 4.20. The van der Waals surface area contributed by atoms with E-state index in [9.17, 15) is 14.7 Å². The maximum atomic E-state index is 12.3. The molecule has 3 N–H and O–H groups in total. The molecule has 3 aromatic rings. The minimum absolute atomic E-state index is 0.201.